The number of hydrogen-bond acceptors (Lipinski definition) is 3. The molecule has 0 bridgehead atoms. The molecule has 28 heavy (non-hydrogen) atoms. The first-order valence-electron chi connectivity index (χ1n) is 8.76. The number of carbonyl (C=O) groups is 2. The van der Waals surface area contributed by atoms with E-state index in [1.165, 1.54) is 0 Å². The maximum atomic E-state index is 12.5. The van der Waals surface area contributed by atoms with Crippen molar-refractivity contribution in [1.82, 2.24) is 10.9 Å². The van der Waals surface area contributed by atoms with Gasteiger partial charge in [-0.1, -0.05) is 54.6 Å². The summed E-state index contributed by atoms with van der Waals surface area (Å²) in [7, 11) is 0. The van der Waals surface area contributed by atoms with Crippen LogP contribution < -0.4 is 15.6 Å². The van der Waals surface area contributed by atoms with Crippen LogP contribution in [0.4, 0.5) is 0 Å². The number of hydrogen-bond donors (Lipinski definition) is 2. The van der Waals surface area contributed by atoms with Gasteiger partial charge in [-0.15, -0.1) is 0 Å². The van der Waals surface area contributed by atoms with Crippen molar-refractivity contribution in [2.75, 3.05) is 6.61 Å². The number of para-hydroxylation sites is 1. The van der Waals surface area contributed by atoms with Crippen LogP contribution in [0, 0.1) is 0 Å². The standard InChI is InChI=1S/C22H19BrN2O3/c23-19-12-6-4-10-17(19)21(26)24-25-22(27)18-11-5-7-13-20(18)28-15-14-16-8-2-1-3-9-16/h1-13H,14-15H2,(H,24,26)(H,25,27). The molecule has 0 fully saturated rings. The summed E-state index contributed by atoms with van der Waals surface area (Å²) in [6.07, 6.45) is 0.732. The molecule has 6 heteroatoms. The molecule has 5 nitrogen and oxygen atoms in total. The third kappa shape index (κ3) is 5.20. The lowest BCUT2D eigenvalue weighted by Crippen LogP contribution is -2.41. The lowest BCUT2D eigenvalue weighted by Gasteiger charge is -2.12. The SMILES string of the molecule is O=C(NNC(=O)c1ccccc1OCCc1ccccc1)c1ccccc1Br. The van der Waals surface area contributed by atoms with Gasteiger partial charge in [0.05, 0.1) is 17.7 Å². The lowest BCUT2D eigenvalue weighted by atomic mass is 10.1. The van der Waals surface area contributed by atoms with Gasteiger partial charge in [-0.2, -0.15) is 0 Å². The second-order valence-electron chi connectivity index (χ2n) is 5.97. The van der Waals surface area contributed by atoms with E-state index in [1.807, 2.05) is 36.4 Å². The Hall–Kier alpha value is -3.12. The first-order chi connectivity index (χ1) is 13.6. The third-order valence-electron chi connectivity index (χ3n) is 4.03. The molecule has 0 aliphatic heterocycles. The van der Waals surface area contributed by atoms with Crippen molar-refractivity contribution in [2.24, 2.45) is 0 Å². The molecule has 0 aromatic heterocycles. The molecule has 3 rings (SSSR count). The number of amides is 2. The third-order valence-corrected chi connectivity index (χ3v) is 4.72. The highest BCUT2D eigenvalue weighted by atomic mass is 79.9. The first-order valence-corrected chi connectivity index (χ1v) is 9.55. The molecule has 0 unspecified atom stereocenters. The monoisotopic (exact) mass is 438 g/mol. The number of carbonyl (C=O) groups excluding carboxylic acids is 2. The first kappa shape index (κ1) is 19.6. The Bertz CT molecular complexity index is 961. The molecule has 2 amide bonds. The zero-order valence-electron chi connectivity index (χ0n) is 15.0. The average molecular weight is 439 g/mol. The molecule has 0 spiro atoms. The summed E-state index contributed by atoms with van der Waals surface area (Å²) in [6, 6.07) is 23.9. The second-order valence-corrected chi connectivity index (χ2v) is 6.82. The van der Waals surface area contributed by atoms with Gasteiger partial charge in [0.2, 0.25) is 0 Å². The van der Waals surface area contributed by atoms with Crippen LogP contribution in [-0.2, 0) is 6.42 Å². The molecule has 0 aliphatic rings. The molecule has 3 aromatic rings. The van der Waals surface area contributed by atoms with Crippen molar-refractivity contribution in [3.63, 3.8) is 0 Å². The molecular formula is C22H19BrN2O3. The molecule has 0 saturated heterocycles. The van der Waals surface area contributed by atoms with Gasteiger partial charge in [0.25, 0.3) is 11.8 Å². The molecular weight excluding hydrogens is 420 g/mol. The highest BCUT2D eigenvalue weighted by molar-refractivity contribution is 9.10. The Labute approximate surface area is 171 Å². The molecule has 0 saturated carbocycles. The summed E-state index contributed by atoms with van der Waals surface area (Å²) in [5.74, 6) is -0.398. The van der Waals surface area contributed by atoms with E-state index in [2.05, 4.69) is 26.8 Å². The van der Waals surface area contributed by atoms with Crippen molar-refractivity contribution in [3.8, 4) is 5.75 Å². The van der Waals surface area contributed by atoms with E-state index < -0.39 is 11.8 Å². The Kier molecular flexibility index (Phi) is 6.81. The number of hydrazine groups is 1. The minimum absolute atomic E-state index is 0.350. The highest BCUT2D eigenvalue weighted by Gasteiger charge is 2.14. The van der Waals surface area contributed by atoms with Gasteiger partial charge >= 0.3 is 0 Å². The van der Waals surface area contributed by atoms with Crippen molar-refractivity contribution >= 4 is 27.7 Å². The molecule has 2 N–H and O–H groups in total. The number of ether oxygens (including phenoxy) is 1. The van der Waals surface area contributed by atoms with Gasteiger partial charge in [-0.25, -0.2) is 0 Å². The van der Waals surface area contributed by atoms with E-state index in [0.717, 1.165) is 12.0 Å². The molecule has 142 valence electrons. The Morgan fingerprint density at radius 3 is 2.04 bits per heavy atom. The molecule has 0 atom stereocenters. The molecule has 0 radical (unpaired) electrons. The number of nitrogens with one attached hydrogen (secondary N) is 2. The fourth-order valence-electron chi connectivity index (χ4n) is 2.60. The smallest absolute Gasteiger partial charge is 0.273 e. The lowest BCUT2D eigenvalue weighted by molar-refractivity contribution is 0.0844. The van der Waals surface area contributed by atoms with E-state index in [4.69, 9.17) is 4.74 Å². The Balaban J connectivity index is 1.59. The minimum Gasteiger partial charge on any atom is -0.492 e. The second kappa shape index (κ2) is 9.71. The largest absolute Gasteiger partial charge is 0.492 e. The maximum Gasteiger partial charge on any atom is 0.273 e. The van der Waals surface area contributed by atoms with Gasteiger partial charge < -0.3 is 4.74 Å². The molecule has 0 heterocycles. The zero-order chi connectivity index (χ0) is 19.8. The molecule has 0 aliphatic carbocycles. The number of rotatable bonds is 6. The van der Waals surface area contributed by atoms with Crippen LogP contribution in [0.3, 0.4) is 0 Å². The van der Waals surface area contributed by atoms with Crippen LogP contribution in [0.5, 0.6) is 5.75 Å². The summed E-state index contributed by atoms with van der Waals surface area (Å²) in [4.78, 5) is 24.7. The van der Waals surface area contributed by atoms with Crippen LogP contribution in [0.1, 0.15) is 26.3 Å². The van der Waals surface area contributed by atoms with Crippen LogP contribution in [-0.4, -0.2) is 18.4 Å². The number of halogens is 1. The van der Waals surface area contributed by atoms with Crippen LogP contribution in [0.15, 0.2) is 83.3 Å². The highest BCUT2D eigenvalue weighted by Crippen LogP contribution is 2.18. The minimum atomic E-state index is -0.448. The van der Waals surface area contributed by atoms with E-state index in [0.29, 0.717) is 28.0 Å². The van der Waals surface area contributed by atoms with Gasteiger partial charge in [0.15, 0.2) is 0 Å². The van der Waals surface area contributed by atoms with Crippen molar-refractivity contribution in [2.45, 2.75) is 6.42 Å². The van der Waals surface area contributed by atoms with Crippen molar-refractivity contribution < 1.29 is 14.3 Å². The summed E-state index contributed by atoms with van der Waals surface area (Å²) in [5, 5.41) is 0. The fourth-order valence-corrected chi connectivity index (χ4v) is 3.06. The van der Waals surface area contributed by atoms with Gasteiger partial charge in [0.1, 0.15) is 5.75 Å². The van der Waals surface area contributed by atoms with Crippen LogP contribution >= 0.6 is 15.9 Å². The normalized spacial score (nSPS) is 10.2. The van der Waals surface area contributed by atoms with Crippen LogP contribution in [0.2, 0.25) is 0 Å². The summed E-state index contributed by atoms with van der Waals surface area (Å²) < 4.78 is 6.44. The zero-order valence-corrected chi connectivity index (χ0v) is 16.6. The van der Waals surface area contributed by atoms with Crippen LogP contribution in [0.25, 0.3) is 0 Å². The van der Waals surface area contributed by atoms with E-state index in [1.54, 1.807) is 42.5 Å². The summed E-state index contributed by atoms with van der Waals surface area (Å²) >= 11 is 3.31. The Morgan fingerprint density at radius 1 is 0.750 bits per heavy atom. The predicted octanol–water partition coefficient (Wildman–Crippen LogP) is 4.15. The maximum absolute atomic E-state index is 12.5. The van der Waals surface area contributed by atoms with Crippen molar-refractivity contribution in [3.05, 3.63) is 100 Å². The van der Waals surface area contributed by atoms with Gasteiger partial charge in [-0.3, -0.25) is 20.4 Å². The Morgan fingerprint density at radius 2 is 1.32 bits per heavy atom. The van der Waals surface area contributed by atoms with Crippen molar-refractivity contribution in [1.29, 1.82) is 0 Å². The average Bonchev–Trinajstić information content (AvgIpc) is 2.73. The quantitative estimate of drug-likeness (QED) is 0.568. The summed E-state index contributed by atoms with van der Waals surface area (Å²) in [6.45, 7) is 0.442. The van der Waals surface area contributed by atoms with Gasteiger partial charge in [-0.05, 0) is 45.8 Å². The summed E-state index contributed by atoms with van der Waals surface area (Å²) in [5.41, 5.74) is 6.79. The molecule has 3 aromatic carbocycles. The van der Waals surface area contributed by atoms with E-state index >= 15 is 0 Å². The number of benzene rings is 3. The van der Waals surface area contributed by atoms with E-state index in [9.17, 15) is 9.59 Å². The van der Waals surface area contributed by atoms with Gasteiger partial charge in [0, 0.05) is 10.9 Å². The van der Waals surface area contributed by atoms with E-state index in [-0.39, 0.29) is 0 Å². The topological polar surface area (TPSA) is 67.4 Å². The fraction of sp³-hybridized carbons (Fsp3) is 0.0909. The predicted molar refractivity (Wildman–Crippen MR) is 111 cm³/mol.